The van der Waals surface area contributed by atoms with E-state index in [1.54, 1.807) is 6.07 Å². The number of hydrogen-bond donors (Lipinski definition) is 1. The van der Waals surface area contributed by atoms with Crippen molar-refractivity contribution in [2.45, 2.75) is 18.0 Å². The zero-order chi connectivity index (χ0) is 14.2. The molecule has 2 aromatic rings. The van der Waals surface area contributed by atoms with Crippen LogP contribution in [0.25, 0.3) is 0 Å². The first-order valence-electron chi connectivity index (χ1n) is 6.38. The summed E-state index contributed by atoms with van der Waals surface area (Å²) in [5, 5.41) is 0.0615. The lowest BCUT2D eigenvalue weighted by Crippen LogP contribution is -2.29. The zero-order valence-electron chi connectivity index (χ0n) is 10.9. The van der Waals surface area contributed by atoms with Gasteiger partial charge in [0.1, 0.15) is 0 Å². The lowest BCUT2D eigenvalue weighted by atomic mass is 10.2. The van der Waals surface area contributed by atoms with Crippen LogP contribution in [0.3, 0.4) is 0 Å². The van der Waals surface area contributed by atoms with Crippen LogP contribution < -0.4 is 10.0 Å². The number of nitrogens with zero attached hydrogens (tertiary/aromatic N) is 2. The van der Waals surface area contributed by atoms with Crippen molar-refractivity contribution in [3.05, 3.63) is 53.7 Å². The number of aromatic nitrogens is 1. The molecule has 0 amide bonds. The van der Waals surface area contributed by atoms with E-state index in [2.05, 4.69) is 4.98 Å². The summed E-state index contributed by atoms with van der Waals surface area (Å²) in [5.41, 5.74) is 8.10. The van der Waals surface area contributed by atoms with Crippen LogP contribution in [-0.2, 0) is 23.0 Å². The second kappa shape index (κ2) is 4.88. The maximum atomic E-state index is 12.6. The largest absolute Gasteiger partial charge is 0.326 e. The van der Waals surface area contributed by atoms with Gasteiger partial charge in [-0.3, -0.25) is 4.31 Å². The highest BCUT2D eigenvalue weighted by molar-refractivity contribution is 7.92. The molecule has 0 fully saturated rings. The van der Waals surface area contributed by atoms with Crippen molar-refractivity contribution in [1.82, 2.24) is 4.98 Å². The summed E-state index contributed by atoms with van der Waals surface area (Å²) >= 11 is 0. The molecule has 5 nitrogen and oxygen atoms in total. The molecule has 0 aliphatic carbocycles. The predicted octanol–water partition coefficient (Wildman–Crippen LogP) is 1.29. The number of rotatable bonds is 3. The van der Waals surface area contributed by atoms with Crippen LogP contribution >= 0.6 is 0 Å². The summed E-state index contributed by atoms with van der Waals surface area (Å²) in [6.07, 6.45) is 2.24. The van der Waals surface area contributed by atoms with Crippen LogP contribution in [0.1, 0.15) is 11.1 Å². The number of pyridine rings is 1. The van der Waals surface area contributed by atoms with Gasteiger partial charge >= 0.3 is 0 Å². The van der Waals surface area contributed by atoms with Gasteiger partial charge in [0, 0.05) is 19.3 Å². The van der Waals surface area contributed by atoms with Crippen molar-refractivity contribution in [3.63, 3.8) is 0 Å². The van der Waals surface area contributed by atoms with Crippen LogP contribution in [0.4, 0.5) is 5.69 Å². The summed E-state index contributed by atoms with van der Waals surface area (Å²) in [5.74, 6) is 0. The molecule has 0 saturated carbocycles. The van der Waals surface area contributed by atoms with Crippen LogP contribution in [0, 0.1) is 0 Å². The highest BCUT2D eigenvalue weighted by Crippen LogP contribution is 2.31. The number of para-hydroxylation sites is 1. The normalized spacial score (nSPS) is 14.3. The molecular formula is C14H15N3O2S. The molecule has 20 heavy (non-hydrogen) atoms. The second-order valence-corrected chi connectivity index (χ2v) is 6.47. The lowest BCUT2D eigenvalue weighted by molar-refractivity contribution is 0.588. The Balaban J connectivity index is 2.00. The number of sulfonamides is 1. The minimum absolute atomic E-state index is 0.0615. The molecule has 0 atom stereocenters. The van der Waals surface area contributed by atoms with Crippen molar-refractivity contribution in [3.8, 4) is 0 Å². The Morgan fingerprint density at radius 2 is 2.00 bits per heavy atom. The monoisotopic (exact) mass is 289 g/mol. The molecule has 2 heterocycles. The highest BCUT2D eigenvalue weighted by atomic mass is 32.2. The van der Waals surface area contributed by atoms with Gasteiger partial charge in [-0.1, -0.05) is 24.3 Å². The van der Waals surface area contributed by atoms with Crippen molar-refractivity contribution in [2.24, 2.45) is 5.73 Å². The lowest BCUT2D eigenvalue weighted by Gasteiger charge is -2.18. The number of hydrogen-bond acceptors (Lipinski definition) is 4. The molecule has 0 bridgehead atoms. The van der Waals surface area contributed by atoms with Gasteiger partial charge in [-0.25, -0.2) is 4.98 Å². The fourth-order valence-corrected chi connectivity index (χ4v) is 3.78. The molecule has 1 aromatic carbocycles. The molecule has 1 aromatic heterocycles. The molecule has 0 spiro atoms. The average Bonchev–Trinajstić information content (AvgIpc) is 2.92. The molecule has 2 N–H and O–H groups in total. The maximum absolute atomic E-state index is 12.6. The van der Waals surface area contributed by atoms with E-state index < -0.39 is 10.0 Å². The quantitative estimate of drug-likeness (QED) is 0.923. The molecule has 6 heteroatoms. The predicted molar refractivity (Wildman–Crippen MR) is 76.8 cm³/mol. The minimum Gasteiger partial charge on any atom is -0.326 e. The summed E-state index contributed by atoms with van der Waals surface area (Å²) in [7, 11) is -3.60. The van der Waals surface area contributed by atoms with Crippen molar-refractivity contribution in [2.75, 3.05) is 10.8 Å². The third-order valence-electron chi connectivity index (χ3n) is 3.43. The van der Waals surface area contributed by atoms with Gasteiger partial charge < -0.3 is 5.73 Å². The molecule has 0 unspecified atom stereocenters. The van der Waals surface area contributed by atoms with Gasteiger partial charge in [-0.15, -0.1) is 0 Å². The Kier molecular flexibility index (Phi) is 3.19. The molecule has 3 rings (SSSR count). The molecule has 0 saturated heterocycles. The third-order valence-corrected chi connectivity index (χ3v) is 5.16. The van der Waals surface area contributed by atoms with E-state index in [4.69, 9.17) is 5.73 Å². The first-order valence-corrected chi connectivity index (χ1v) is 7.82. The van der Waals surface area contributed by atoms with Gasteiger partial charge in [0.2, 0.25) is 0 Å². The standard InChI is InChI=1S/C14H15N3O2S/c15-9-11-5-6-14(16-10-11)20(18,19)17-8-7-12-3-1-2-4-13(12)17/h1-6,10H,7-9,15H2. The van der Waals surface area contributed by atoms with Gasteiger partial charge in [-0.05, 0) is 29.7 Å². The number of anilines is 1. The average molecular weight is 289 g/mol. The van der Waals surface area contributed by atoms with E-state index in [1.807, 2.05) is 24.3 Å². The van der Waals surface area contributed by atoms with E-state index in [0.29, 0.717) is 13.1 Å². The Hall–Kier alpha value is -1.92. The molecular weight excluding hydrogens is 274 g/mol. The summed E-state index contributed by atoms with van der Waals surface area (Å²) in [4.78, 5) is 4.03. The van der Waals surface area contributed by atoms with E-state index in [0.717, 1.165) is 23.2 Å². The summed E-state index contributed by atoms with van der Waals surface area (Å²) in [6, 6.07) is 10.8. The van der Waals surface area contributed by atoms with Crippen LogP contribution in [0.2, 0.25) is 0 Å². The number of benzene rings is 1. The molecule has 104 valence electrons. The number of nitrogens with two attached hydrogens (primary N) is 1. The molecule has 1 aliphatic heterocycles. The van der Waals surface area contributed by atoms with Crippen molar-refractivity contribution >= 4 is 15.7 Å². The smallest absolute Gasteiger partial charge is 0.281 e. The third kappa shape index (κ3) is 2.07. The van der Waals surface area contributed by atoms with Crippen molar-refractivity contribution < 1.29 is 8.42 Å². The maximum Gasteiger partial charge on any atom is 0.281 e. The van der Waals surface area contributed by atoms with Crippen LogP contribution in [0.5, 0.6) is 0 Å². The summed E-state index contributed by atoms with van der Waals surface area (Å²) < 4.78 is 26.7. The highest BCUT2D eigenvalue weighted by Gasteiger charge is 2.31. The fourth-order valence-electron chi connectivity index (χ4n) is 2.35. The topological polar surface area (TPSA) is 76.3 Å². The van der Waals surface area contributed by atoms with E-state index in [1.165, 1.54) is 16.6 Å². The van der Waals surface area contributed by atoms with Gasteiger partial charge in [0.05, 0.1) is 5.69 Å². The van der Waals surface area contributed by atoms with Crippen LogP contribution in [0.15, 0.2) is 47.6 Å². The first kappa shape index (κ1) is 13.1. The zero-order valence-corrected chi connectivity index (χ0v) is 11.7. The fraction of sp³-hybridized carbons (Fsp3) is 0.214. The van der Waals surface area contributed by atoms with Gasteiger partial charge in [-0.2, -0.15) is 8.42 Å². The number of fused-ring (bicyclic) bond motifs is 1. The molecule has 1 aliphatic rings. The second-order valence-electron chi connectivity index (χ2n) is 4.66. The van der Waals surface area contributed by atoms with Gasteiger partial charge in [0.15, 0.2) is 5.03 Å². The van der Waals surface area contributed by atoms with Gasteiger partial charge in [0.25, 0.3) is 10.0 Å². The van der Waals surface area contributed by atoms with Crippen molar-refractivity contribution in [1.29, 1.82) is 0 Å². The van der Waals surface area contributed by atoms with Crippen LogP contribution in [-0.4, -0.2) is 19.9 Å². The van der Waals surface area contributed by atoms with E-state index in [-0.39, 0.29) is 5.03 Å². The molecule has 0 radical (unpaired) electrons. The summed E-state index contributed by atoms with van der Waals surface area (Å²) in [6.45, 7) is 0.807. The Labute approximate surface area is 118 Å². The first-order chi connectivity index (χ1) is 9.63. The van der Waals surface area contributed by atoms with E-state index >= 15 is 0 Å². The van der Waals surface area contributed by atoms with E-state index in [9.17, 15) is 8.42 Å². The Morgan fingerprint density at radius 1 is 1.20 bits per heavy atom. The minimum atomic E-state index is -3.60. The Morgan fingerprint density at radius 3 is 2.70 bits per heavy atom. The Bertz CT molecular complexity index is 726. The SMILES string of the molecule is NCc1ccc(S(=O)(=O)N2CCc3ccccc32)nc1.